The number of hydrogen-bond donors (Lipinski definition) is 0. The minimum absolute atomic E-state index is 0.431. The third-order valence-corrected chi connectivity index (χ3v) is 3.57. The summed E-state index contributed by atoms with van der Waals surface area (Å²) in [5.74, 6) is 0. The van der Waals surface area contributed by atoms with Gasteiger partial charge in [0, 0.05) is 5.56 Å². The summed E-state index contributed by atoms with van der Waals surface area (Å²) in [4.78, 5) is 0. The Morgan fingerprint density at radius 1 is 0.786 bits per heavy atom. The first kappa shape index (κ1) is 13.6. The maximum atomic E-state index is 5.72. The molecule has 0 amide bonds. The average Bonchev–Trinajstić information content (AvgIpc) is 2.01. The Balaban J connectivity index is 3.02. The number of benzene rings is 1. The summed E-state index contributed by atoms with van der Waals surface area (Å²) < 4.78 is -1.80. The van der Waals surface area contributed by atoms with E-state index in [1.165, 1.54) is 0 Å². The molecule has 1 rings (SSSR count). The molecule has 0 fully saturated rings. The molecule has 0 aliphatic rings. The van der Waals surface area contributed by atoms with E-state index in [1.54, 1.807) is 12.1 Å². The van der Waals surface area contributed by atoms with Gasteiger partial charge >= 0.3 is 0 Å². The van der Waals surface area contributed by atoms with E-state index < -0.39 is 5.94 Å². The Labute approximate surface area is 123 Å². The summed E-state index contributed by atoms with van der Waals surface area (Å²) in [5, 5.41) is 0. The highest BCUT2D eigenvalue weighted by Gasteiger charge is 2.25. The van der Waals surface area contributed by atoms with E-state index in [4.69, 9.17) is 34.8 Å². The lowest BCUT2D eigenvalue weighted by atomic mass is 10.2. The molecular weight excluding hydrogens is 442 g/mol. The molecule has 0 aromatic heterocycles. The van der Waals surface area contributed by atoms with Crippen molar-refractivity contribution < 1.29 is 0 Å². The average molecular weight is 446 g/mol. The van der Waals surface area contributed by atoms with Gasteiger partial charge in [0.25, 0.3) is 0 Å². The molecule has 0 atom stereocenters. The van der Waals surface area contributed by atoms with Crippen LogP contribution in [0.15, 0.2) is 24.3 Å². The molecule has 14 heavy (non-hydrogen) atoms. The lowest BCUT2D eigenvalue weighted by Crippen LogP contribution is -2.02. The number of rotatable bonds is 0. The van der Waals surface area contributed by atoms with Gasteiger partial charge in [0.2, 0.25) is 3.79 Å². The van der Waals surface area contributed by atoms with Crippen LogP contribution in [0.1, 0.15) is 11.1 Å². The van der Waals surface area contributed by atoms with Gasteiger partial charge in [-0.2, -0.15) is 0 Å². The van der Waals surface area contributed by atoms with E-state index in [9.17, 15) is 0 Å². The van der Waals surface area contributed by atoms with Crippen LogP contribution in [0.2, 0.25) is 0 Å². The van der Waals surface area contributed by atoms with E-state index in [2.05, 4.69) is 47.8 Å². The fourth-order valence-corrected chi connectivity index (χ4v) is 2.02. The Morgan fingerprint density at radius 2 is 1.14 bits per heavy atom. The van der Waals surface area contributed by atoms with Gasteiger partial charge in [-0.15, -0.1) is 0 Å². The number of hydrogen-bond acceptors (Lipinski definition) is 0. The van der Waals surface area contributed by atoms with Gasteiger partial charge in [-0.25, -0.2) is 0 Å². The highest BCUT2D eigenvalue weighted by atomic mass is 80.0. The van der Waals surface area contributed by atoms with E-state index in [0.29, 0.717) is 5.56 Å². The largest absolute Gasteiger partial charge is 0.216 e. The second-order valence-corrected chi connectivity index (χ2v) is 11.6. The second-order valence-electron chi connectivity index (χ2n) is 2.57. The highest BCUT2D eigenvalue weighted by molar-refractivity contribution is 9.38. The lowest BCUT2D eigenvalue weighted by molar-refractivity contribution is 1.22. The minimum Gasteiger partial charge on any atom is -0.0784 e. The van der Waals surface area contributed by atoms with Crippen molar-refractivity contribution in [2.45, 2.75) is 5.94 Å². The standard InChI is InChI=1S/C8H4Br3Cl3/c9-7(10,11)5-1-3-6(4-2-5)8(12,13)14/h1-4H. The van der Waals surface area contributed by atoms with Gasteiger partial charge in [-0.05, 0) is 5.56 Å². The summed E-state index contributed by atoms with van der Waals surface area (Å²) in [6.45, 7) is 0. The van der Waals surface area contributed by atoms with E-state index in [1.807, 2.05) is 12.1 Å². The molecule has 0 bridgehead atoms. The zero-order chi connectivity index (χ0) is 11.0. The summed E-state index contributed by atoms with van der Waals surface area (Å²) >= 11 is 27.4. The molecule has 0 spiro atoms. The monoisotopic (exact) mass is 442 g/mol. The fraction of sp³-hybridized carbons (Fsp3) is 0.250. The first-order valence-electron chi connectivity index (χ1n) is 3.46. The van der Waals surface area contributed by atoms with Crippen LogP contribution in [-0.2, 0) is 5.94 Å². The molecule has 1 aromatic rings. The van der Waals surface area contributed by atoms with Gasteiger partial charge in [0.1, 0.15) is 0 Å². The molecule has 0 aliphatic heterocycles. The molecule has 0 heterocycles. The van der Waals surface area contributed by atoms with Crippen LogP contribution in [0.3, 0.4) is 0 Å². The summed E-state index contributed by atoms with van der Waals surface area (Å²) in [6, 6.07) is 7.24. The number of halogens is 6. The lowest BCUT2D eigenvalue weighted by Gasteiger charge is -2.15. The quantitative estimate of drug-likeness (QED) is 0.442. The normalized spacial score (nSPS) is 13.0. The summed E-state index contributed by atoms with van der Waals surface area (Å²) in [5.41, 5.74) is 1.62. The van der Waals surface area contributed by atoms with Crippen molar-refractivity contribution in [1.29, 1.82) is 0 Å². The van der Waals surface area contributed by atoms with Crippen LogP contribution in [0.25, 0.3) is 0 Å². The molecule has 0 nitrogen and oxygen atoms in total. The SMILES string of the molecule is ClC(Cl)(Cl)c1ccc(C(Br)(Br)Br)cc1. The van der Waals surface area contributed by atoms with Crippen LogP contribution in [0.4, 0.5) is 0 Å². The third-order valence-electron chi connectivity index (χ3n) is 1.54. The third kappa shape index (κ3) is 3.84. The summed E-state index contributed by atoms with van der Waals surface area (Å²) in [6.07, 6.45) is 0. The zero-order valence-corrected chi connectivity index (χ0v) is 13.6. The maximum absolute atomic E-state index is 5.72. The van der Waals surface area contributed by atoms with Crippen molar-refractivity contribution in [2.75, 3.05) is 0 Å². The molecule has 6 heteroatoms. The van der Waals surface area contributed by atoms with Crippen LogP contribution >= 0.6 is 82.6 Å². The van der Waals surface area contributed by atoms with Crippen molar-refractivity contribution in [1.82, 2.24) is 0 Å². The molecule has 1 aromatic carbocycles. The molecule has 0 radical (unpaired) electrons. The van der Waals surface area contributed by atoms with Crippen molar-refractivity contribution in [2.24, 2.45) is 0 Å². The van der Waals surface area contributed by atoms with E-state index >= 15 is 0 Å². The topological polar surface area (TPSA) is 0 Å². The first-order valence-corrected chi connectivity index (χ1v) is 6.97. The maximum Gasteiger partial charge on any atom is 0.216 e. The van der Waals surface area contributed by atoms with Gasteiger partial charge in [-0.3, -0.25) is 0 Å². The van der Waals surface area contributed by atoms with Gasteiger partial charge in [0.05, 0.1) is 0 Å². The molecule has 0 N–H and O–H groups in total. The molecule has 0 aliphatic carbocycles. The van der Waals surface area contributed by atoms with Gasteiger partial charge in [0.15, 0.2) is 2.14 Å². The van der Waals surface area contributed by atoms with Crippen molar-refractivity contribution in [3.63, 3.8) is 0 Å². The van der Waals surface area contributed by atoms with Crippen molar-refractivity contribution >= 4 is 82.6 Å². The number of alkyl halides is 6. The van der Waals surface area contributed by atoms with Crippen LogP contribution in [0.5, 0.6) is 0 Å². The highest BCUT2D eigenvalue weighted by Crippen LogP contribution is 2.45. The van der Waals surface area contributed by atoms with Crippen molar-refractivity contribution in [3.8, 4) is 0 Å². The fourth-order valence-electron chi connectivity index (χ4n) is 0.848. The minimum atomic E-state index is -1.37. The van der Waals surface area contributed by atoms with Crippen LogP contribution < -0.4 is 0 Å². The van der Waals surface area contributed by atoms with Gasteiger partial charge in [-0.1, -0.05) is 107 Å². The van der Waals surface area contributed by atoms with E-state index in [-0.39, 0.29) is 0 Å². The Morgan fingerprint density at radius 3 is 1.43 bits per heavy atom. The molecule has 0 unspecified atom stereocenters. The van der Waals surface area contributed by atoms with Crippen LogP contribution in [-0.4, -0.2) is 0 Å². The van der Waals surface area contributed by atoms with Crippen molar-refractivity contribution in [3.05, 3.63) is 35.4 Å². The molecule has 0 saturated carbocycles. The molecule has 78 valence electrons. The zero-order valence-electron chi connectivity index (χ0n) is 6.58. The summed E-state index contributed by atoms with van der Waals surface area (Å²) in [7, 11) is 0. The van der Waals surface area contributed by atoms with Gasteiger partial charge < -0.3 is 0 Å². The Hall–Kier alpha value is 1.53. The van der Waals surface area contributed by atoms with Crippen LogP contribution in [0, 0.1) is 0 Å². The second kappa shape index (κ2) is 4.80. The predicted molar refractivity (Wildman–Crippen MR) is 74.1 cm³/mol. The predicted octanol–water partition coefficient (Wildman–Crippen LogP) is 5.81. The Kier molecular flexibility index (Phi) is 4.66. The first-order chi connectivity index (χ1) is 6.21. The smallest absolute Gasteiger partial charge is 0.0784 e. The molecular formula is C8H4Br3Cl3. The van der Waals surface area contributed by atoms with E-state index in [0.717, 1.165) is 5.56 Å². The Bertz CT molecular complexity index is 277. The molecule has 0 saturated heterocycles.